The molecule has 0 saturated carbocycles. The van der Waals surface area contributed by atoms with E-state index in [9.17, 15) is 4.79 Å². The van der Waals surface area contributed by atoms with E-state index < -0.39 is 0 Å². The van der Waals surface area contributed by atoms with Crippen LogP contribution in [0.15, 0.2) is 9.85 Å². The van der Waals surface area contributed by atoms with Gasteiger partial charge in [0.05, 0.1) is 20.6 Å². The van der Waals surface area contributed by atoms with Crippen LogP contribution in [0.1, 0.15) is 15.2 Å². The number of aryl methyl sites for hydroxylation is 1. The van der Waals surface area contributed by atoms with Crippen molar-refractivity contribution in [3.05, 3.63) is 20.3 Å². The summed E-state index contributed by atoms with van der Waals surface area (Å²) in [5, 5.41) is -0.182. The lowest BCUT2D eigenvalue weighted by Crippen LogP contribution is -2.33. The molecule has 1 amide bonds. The smallest absolute Gasteiger partial charge is 0.263 e. The monoisotopic (exact) mass is 339 g/mol. The molecule has 0 bridgehead atoms. The maximum atomic E-state index is 12.1. The summed E-state index contributed by atoms with van der Waals surface area (Å²) >= 11 is 10.9. The third-order valence-electron chi connectivity index (χ3n) is 2.23. The number of ether oxygens (including phenoxy) is 1. The fraction of sp³-hybridized carbons (Fsp3) is 0.545. The van der Waals surface area contributed by atoms with Crippen molar-refractivity contribution in [2.24, 2.45) is 0 Å². The molecule has 1 atom stereocenters. The molecule has 1 heterocycles. The summed E-state index contributed by atoms with van der Waals surface area (Å²) < 4.78 is 5.93. The molecular formula is C11H15BrClNO2S. The Labute approximate surface area is 119 Å². The highest BCUT2D eigenvalue weighted by molar-refractivity contribution is 9.11. The fourth-order valence-electron chi connectivity index (χ4n) is 1.37. The van der Waals surface area contributed by atoms with Crippen molar-refractivity contribution in [3.8, 4) is 0 Å². The fourth-order valence-corrected chi connectivity index (χ4v) is 3.23. The summed E-state index contributed by atoms with van der Waals surface area (Å²) in [5.41, 5.74) is 1.08. The Bertz CT molecular complexity index is 377. The van der Waals surface area contributed by atoms with Gasteiger partial charge in [-0.2, -0.15) is 0 Å². The first-order valence-electron chi connectivity index (χ1n) is 5.10. The van der Waals surface area contributed by atoms with E-state index in [1.165, 1.54) is 11.3 Å². The molecular weight excluding hydrogens is 326 g/mol. The minimum Gasteiger partial charge on any atom is -0.383 e. The summed E-state index contributed by atoms with van der Waals surface area (Å²) in [6.07, 6.45) is 0. The summed E-state index contributed by atoms with van der Waals surface area (Å²) in [5.74, 6) is -0.00875. The Hall–Kier alpha value is -0.100. The van der Waals surface area contributed by atoms with Crippen LogP contribution in [0.3, 0.4) is 0 Å². The molecule has 0 aliphatic carbocycles. The molecule has 6 heteroatoms. The normalized spacial score (nSPS) is 12.5. The quantitative estimate of drug-likeness (QED) is 0.771. The Kier molecular flexibility index (Phi) is 5.92. The lowest BCUT2D eigenvalue weighted by Gasteiger charge is -2.19. The van der Waals surface area contributed by atoms with Gasteiger partial charge in [-0.15, -0.1) is 22.9 Å². The highest BCUT2D eigenvalue weighted by Gasteiger charge is 2.18. The number of hydrogen-bond donors (Lipinski definition) is 0. The molecule has 0 aliphatic rings. The lowest BCUT2D eigenvalue weighted by atomic mass is 10.3. The maximum Gasteiger partial charge on any atom is 0.263 e. The largest absolute Gasteiger partial charge is 0.383 e. The van der Waals surface area contributed by atoms with E-state index >= 15 is 0 Å². The van der Waals surface area contributed by atoms with Crippen molar-refractivity contribution in [1.82, 2.24) is 4.90 Å². The van der Waals surface area contributed by atoms with Crippen LogP contribution in [0.4, 0.5) is 0 Å². The number of rotatable bonds is 5. The van der Waals surface area contributed by atoms with Gasteiger partial charge in [-0.3, -0.25) is 4.79 Å². The molecule has 0 aromatic carbocycles. The molecule has 1 unspecified atom stereocenters. The predicted molar refractivity (Wildman–Crippen MR) is 75.2 cm³/mol. The minimum absolute atomic E-state index is 0.00875. The number of thiophene rings is 1. The van der Waals surface area contributed by atoms with Crippen LogP contribution in [0.2, 0.25) is 0 Å². The van der Waals surface area contributed by atoms with E-state index in [0.717, 1.165) is 14.2 Å². The van der Waals surface area contributed by atoms with Gasteiger partial charge in [0.1, 0.15) is 0 Å². The summed E-state index contributed by atoms with van der Waals surface area (Å²) in [7, 11) is 3.34. The highest BCUT2D eigenvalue weighted by atomic mass is 79.9. The molecule has 17 heavy (non-hydrogen) atoms. The number of carbonyl (C=O) groups excluding carboxylic acids is 1. The van der Waals surface area contributed by atoms with E-state index in [1.54, 1.807) is 19.1 Å². The van der Waals surface area contributed by atoms with Crippen LogP contribution < -0.4 is 0 Å². The van der Waals surface area contributed by atoms with Crippen molar-refractivity contribution < 1.29 is 9.53 Å². The van der Waals surface area contributed by atoms with Gasteiger partial charge in [-0.1, -0.05) is 0 Å². The Balaban J connectivity index is 2.63. The van der Waals surface area contributed by atoms with Gasteiger partial charge in [0, 0.05) is 20.7 Å². The molecule has 96 valence electrons. The van der Waals surface area contributed by atoms with Gasteiger partial charge < -0.3 is 9.64 Å². The summed E-state index contributed by atoms with van der Waals surface area (Å²) in [4.78, 5) is 14.4. The lowest BCUT2D eigenvalue weighted by molar-refractivity contribution is 0.0786. The van der Waals surface area contributed by atoms with Gasteiger partial charge in [0.25, 0.3) is 5.91 Å². The molecule has 0 saturated heterocycles. The number of nitrogens with zero attached hydrogens (tertiary/aromatic N) is 1. The van der Waals surface area contributed by atoms with E-state index in [1.807, 2.05) is 13.0 Å². The van der Waals surface area contributed by atoms with Crippen molar-refractivity contribution in [1.29, 1.82) is 0 Å². The molecule has 0 radical (unpaired) electrons. The third kappa shape index (κ3) is 4.25. The van der Waals surface area contributed by atoms with Crippen molar-refractivity contribution >= 4 is 44.8 Å². The Morgan fingerprint density at radius 2 is 2.35 bits per heavy atom. The number of alkyl halides is 1. The van der Waals surface area contributed by atoms with E-state index in [0.29, 0.717) is 13.2 Å². The van der Waals surface area contributed by atoms with Gasteiger partial charge in [0.2, 0.25) is 0 Å². The van der Waals surface area contributed by atoms with Gasteiger partial charge in [-0.25, -0.2) is 0 Å². The molecule has 1 aromatic heterocycles. The zero-order valence-electron chi connectivity index (χ0n) is 10.00. The minimum atomic E-state index is -0.182. The molecule has 0 fully saturated rings. The maximum absolute atomic E-state index is 12.1. The van der Waals surface area contributed by atoms with E-state index in [4.69, 9.17) is 16.3 Å². The van der Waals surface area contributed by atoms with Crippen LogP contribution in [-0.2, 0) is 4.74 Å². The summed E-state index contributed by atoms with van der Waals surface area (Å²) in [6, 6.07) is 1.88. The second kappa shape index (κ2) is 6.73. The number of amides is 1. The van der Waals surface area contributed by atoms with Crippen LogP contribution >= 0.6 is 38.9 Å². The zero-order valence-corrected chi connectivity index (χ0v) is 13.2. The number of hydrogen-bond acceptors (Lipinski definition) is 3. The first kappa shape index (κ1) is 15.0. The molecule has 0 N–H and O–H groups in total. The number of carbonyl (C=O) groups is 1. The van der Waals surface area contributed by atoms with Crippen molar-refractivity contribution in [3.63, 3.8) is 0 Å². The molecule has 0 spiro atoms. The average molecular weight is 341 g/mol. The first-order chi connectivity index (χ1) is 7.95. The van der Waals surface area contributed by atoms with Gasteiger partial charge in [-0.05, 0) is 34.5 Å². The third-order valence-corrected chi connectivity index (χ3v) is 4.62. The Morgan fingerprint density at radius 3 is 2.82 bits per heavy atom. The second-order valence-electron chi connectivity index (χ2n) is 3.81. The predicted octanol–water partition coefficient (Wildman–Crippen LogP) is 3.14. The standard InChI is InChI=1S/C11H15BrClNO2S/c1-7-4-9(17-10(7)12)11(15)14(2)5-8(13)6-16-3/h4,8H,5-6H2,1-3H3. The van der Waals surface area contributed by atoms with Crippen molar-refractivity contribution in [2.45, 2.75) is 12.3 Å². The molecule has 0 aliphatic heterocycles. The first-order valence-corrected chi connectivity index (χ1v) is 7.14. The van der Waals surface area contributed by atoms with Gasteiger partial charge in [0.15, 0.2) is 0 Å². The Morgan fingerprint density at radius 1 is 1.71 bits per heavy atom. The van der Waals surface area contributed by atoms with Gasteiger partial charge >= 0.3 is 0 Å². The average Bonchev–Trinajstić information content (AvgIpc) is 2.58. The summed E-state index contributed by atoms with van der Waals surface area (Å²) in [6.45, 7) is 2.88. The zero-order chi connectivity index (χ0) is 13.0. The second-order valence-corrected chi connectivity index (χ2v) is 6.79. The van der Waals surface area contributed by atoms with Crippen LogP contribution in [0.5, 0.6) is 0 Å². The van der Waals surface area contributed by atoms with Crippen LogP contribution in [0.25, 0.3) is 0 Å². The number of methoxy groups -OCH3 is 1. The SMILES string of the molecule is COCC(Cl)CN(C)C(=O)c1cc(C)c(Br)s1. The number of halogens is 2. The molecule has 1 aromatic rings. The van der Waals surface area contributed by atoms with E-state index in [2.05, 4.69) is 15.9 Å². The van der Waals surface area contributed by atoms with Crippen LogP contribution in [0, 0.1) is 6.92 Å². The van der Waals surface area contributed by atoms with E-state index in [-0.39, 0.29) is 11.3 Å². The topological polar surface area (TPSA) is 29.5 Å². The van der Waals surface area contributed by atoms with Crippen molar-refractivity contribution in [2.75, 3.05) is 27.3 Å². The molecule has 1 rings (SSSR count). The molecule has 3 nitrogen and oxygen atoms in total. The highest BCUT2D eigenvalue weighted by Crippen LogP contribution is 2.28. The van der Waals surface area contributed by atoms with Crippen LogP contribution in [-0.4, -0.2) is 43.5 Å².